The predicted octanol–water partition coefficient (Wildman–Crippen LogP) is 3.40. The number of hydrogen-bond donors (Lipinski definition) is 0. The summed E-state index contributed by atoms with van der Waals surface area (Å²) < 4.78 is 5.12. The van der Waals surface area contributed by atoms with Gasteiger partial charge < -0.3 is 9.64 Å². The van der Waals surface area contributed by atoms with E-state index in [9.17, 15) is 9.59 Å². The van der Waals surface area contributed by atoms with E-state index in [1.165, 1.54) is 6.42 Å². The summed E-state index contributed by atoms with van der Waals surface area (Å²) in [7, 11) is 0. The van der Waals surface area contributed by atoms with Gasteiger partial charge in [-0.3, -0.25) is 14.5 Å². The molecule has 0 saturated carbocycles. The summed E-state index contributed by atoms with van der Waals surface area (Å²) in [6, 6.07) is 10.3. The quantitative estimate of drug-likeness (QED) is 0.667. The number of likely N-dealkylation sites (tertiary alicyclic amines) is 1. The number of carbonyl (C=O) groups is 2. The summed E-state index contributed by atoms with van der Waals surface area (Å²) >= 11 is 0. The zero-order chi connectivity index (χ0) is 18.9. The van der Waals surface area contributed by atoms with Crippen molar-refractivity contribution in [3.8, 4) is 0 Å². The van der Waals surface area contributed by atoms with Crippen LogP contribution in [0.4, 0.5) is 0 Å². The SMILES string of the molecule is CCOC(=O)CN(CC(=O)N1CCCCC1CC)C(C)c1ccccc1. The molecule has 2 rings (SSSR count). The minimum absolute atomic E-state index is 0.0329. The van der Waals surface area contributed by atoms with Crippen molar-refractivity contribution in [1.29, 1.82) is 0 Å². The van der Waals surface area contributed by atoms with Crippen molar-refractivity contribution < 1.29 is 14.3 Å². The maximum Gasteiger partial charge on any atom is 0.320 e. The first-order valence-corrected chi connectivity index (χ1v) is 9.80. The van der Waals surface area contributed by atoms with Gasteiger partial charge >= 0.3 is 5.97 Å². The van der Waals surface area contributed by atoms with Crippen molar-refractivity contribution >= 4 is 11.9 Å². The van der Waals surface area contributed by atoms with Crippen molar-refractivity contribution in [3.05, 3.63) is 35.9 Å². The Morgan fingerprint density at radius 2 is 1.92 bits per heavy atom. The van der Waals surface area contributed by atoms with Gasteiger partial charge in [-0.15, -0.1) is 0 Å². The van der Waals surface area contributed by atoms with Crippen LogP contribution in [0, 0.1) is 0 Å². The van der Waals surface area contributed by atoms with E-state index in [-0.39, 0.29) is 31.0 Å². The molecule has 0 spiro atoms. The third kappa shape index (κ3) is 5.56. The van der Waals surface area contributed by atoms with Crippen LogP contribution in [0.2, 0.25) is 0 Å². The fourth-order valence-electron chi connectivity index (χ4n) is 3.66. The number of nitrogens with zero attached hydrogens (tertiary/aromatic N) is 2. The van der Waals surface area contributed by atoms with E-state index in [4.69, 9.17) is 4.74 Å². The average molecular weight is 360 g/mol. The van der Waals surface area contributed by atoms with Crippen LogP contribution in [0.1, 0.15) is 58.1 Å². The lowest BCUT2D eigenvalue weighted by molar-refractivity contribution is -0.146. The number of rotatable bonds is 8. The van der Waals surface area contributed by atoms with Gasteiger partial charge in [-0.05, 0) is 45.1 Å². The van der Waals surface area contributed by atoms with Crippen molar-refractivity contribution in [2.24, 2.45) is 0 Å². The van der Waals surface area contributed by atoms with E-state index in [1.54, 1.807) is 6.92 Å². The summed E-state index contributed by atoms with van der Waals surface area (Å²) in [6.45, 7) is 7.52. The van der Waals surface area contributed by atoms with Crippen molar-refractivity contribution in [1.82, 2.24) is 9.80 Å². The molecule has 1 heterocycles. The fraction of sp³-hybridized carbons (Fsp3) is 0.619. The highest BCUT2D eigenvalue weighted by Crippen LogP contribution is 2.23. The smallest absolute Gasteiger partial charge is 0.320 e. The van der Waals surface area contributed by atoms with Gasteiger partial charge in [0.05, 0.1) is 19.7 Å². The van der Waals surface area contributed by atoms with Gasteiger partial charge in [-0.25, -0.2) is 0 Å². The second kappa shape index (κ2) is 10.3. The lowest BCUT2D eigenvalue weighted by atomic mass is 10.00. The molecule has 0 aliphatic carbocycles. The Balaban J connectivity index is 2.12. The van der Waals surface area contributed by atoms with E-state index < -0.39 is 0 Å². The molecule has 1 aliphatic rings. The molecular weight excluding hydrogens is 328 g/mol. The molecule has 1 aliphatic heterocycles. The van der Waals surface area contributed by atoms with Crippen LogP contribution in [-0.4, -0.2) is 54.0 Å². The molecule has 1 aromatic rings. The molecule has 5 nitrogen and oxygen atoms in total. The lowest BCUT2D eigenvalue weighted by Gasteiger charge is -2.37. The molecule has 0 radical (unpaired) electrons. The van der Waals surface area contributed by atoms with Gasteiger partial charge in [-0.1, -0.05) is 37.3 Å². The monoisotopic (exact) mass is 360 g/mol. The molecule has 0 bridgehead atoms. The van der Waals surface area contributed by atoms with Crippen LogP contribution in [0.25, 0.3) is 0 Å². The standard InChI is InChI=1S/C21H32N2O3/c1-4-19-13-9-10-14-23(19)20(24)15-22(16-21(25)26-5-2)17(3)18-11-7-6-8-12-18/h6-8,11-12,17,19H,4-5,9-10,13-16H2,1-3H3. The number of benzene rings is 1. The van der Waals surface area contributed by atoms with E-state index >= 15 is 0 Å². The second-order valence-electron chi connectivity index (χ2n) is 6.94. The molecule has 1 amide bonds. The minimum Gasteiger partial charge on any atom is -0.465 e. The minimum atomic E-state index is -0.284. The van der Waals surface area contributed by atoms with Gasteiger partial charge in [0.15, 0.2) is 0 Å². The Labute approximate surface area is 157 Å². The summed E-state index contributed by atoms with van der Waals surface area (Å²) in [5.41, 5.74) is 1.09. The fourth-order valence-corrected chi connectivity index (χ4v) is 3.66. The molecule has 1 fully saturated rings. The van der Waals surface area contributed by atoms with Crippen LogP contribution in [0.15, 0.2) is 30.3 Å². The number of amides is 1. The second-order valence-corrected chi connectivity index (χ2v) is 6.94. The molecule has 26 heavy (non-hydrogen) atoms. The van der Waals surface area contributed by atoms with Crippen molar-refractivity contribution in [2.45, 2.75) is 58.5 Å². The number of esters is 1. The van der Waals surface area contributed by atoms with Crippen LogP contribution in [0.5, 0.6) is 0 Å². The predicted molar refractivity (Wildman–Crippen MR) is 103 cm³/mol. The zero-order valence-electron chi connectivity index (χ0n) is 16.3. The Morgan fingerprint density at radius 3 is 2.58 bits per heavy atom. The van der Waals surface area contributed by atoms with Crippen molar-refractivity contribution in [3.63, 3.8) is 0 Å². The summed E-state index contributed by atoms with van der Waals surface area (Å²) in [4.78, 5) is 29.0. The zero-order valence-corrected chi connectivity index (χ0v) is 16.3. The third-order valence-electron chi connectivity index (χ3n) is 5.22. The first-order chi connectivity index (χ1) is 12.6. The number of carbonyl (C=O) groups excluding carboxylic acids is 2. The Morgan fingerprint density at radius 1 is 1.19 bits per heavy atom. The van der Waals surface area contributed by atoms with E-state index in [0.29, 0.717) is 12.6 Å². The maximum atomic E-state index is 13.0. The van der Waals surface area contributed by atoms with E-state index in [0.717, 1.165) is 31.4 Å². The van der Waals surface area contributed by atoms with Gasteiger partial charge in [-0.2, -0.15) is 0 Å². The molecule has 2 atom stereocenters. The normalized spacial score (nSPS) is 18.6. The Kier molecular flexibility index (Phi) is 8.10. The summed E-state index contributed by atoms with van der Waals surface area (Å²) in [5, 5.41) is 0. The molecule has 0 N–H and O–H groups in total. The third-order valence-corrected chi connectivity index (χ3v) is 5.22. The lowest BCUT2D eigenvalue weighted by Crippen LogP contribution is -2.49. The van der Waals surface area contributed by atoms with Crippen molar-refractivity contribution in [2.75, 3.05) is 26.2 Å². The molecule has 1 aromatic carbocycles. The van der Waals surface area contributed by atoms with Crippen LogP contribution < -0.4 is 0 Å². The molecule has 5 heteroatoms. The number of piperidine rings is 1. The Bertz CT molecular complexity index is 576. The van der Waals surface area contributed by atoms with Gasteiger partial charge in [0.1, 0.15) is 0 Å². The largest absolute Gasteiger partial charge is 0.465 e. The summed E-state index contributed by atoms with van der Waals surface area (Å²) in [5.74, 6) is -0.169. The van der Waals surface area contributed by atoms with Crippen LogP contribution in [0.3, 0.4) is 0 Å². The highest BCUT2D eigenvalue weighted by Gasteiger charge is 2.29. The molecule has 2 unspecified atom stereocenters. The van der Waals surface area contributed by atoms with Gasteiger partial charge in [0.25, 0.3) is 0 Å². The highest BCUT2D eigenvalue weighted by atomic mass is 16.5. The molecular formula is C21H32N2O3. The van der Waals surface area contributed by atoms with Crippen LogP contribution in [-0.2, 0) is 14.3 Å². The van der Waals surface area contributed by atoms with Gasteiger partial charge in [0.2, 0.25) is 5.91 Å². The topological polar surface area (TPSA) is 49.9 Å². The van der Waals surface area contributed by atoms with E-state index in [1.807, 2.05) is 47.1 Å². The first-order valence-electron chi connectivity index (χ1n) is 9.80. The van der Waals surface area contributed by atoms with Crippen LogP contribution >= 0.6 is 0 Å². The molecule has 144 valence electrons. The highest BCUT2D eigenvalue weighted by molar-refractivity contribution is 5.80. The van der Waals surface area contributed by atoms with E-state index in [2.05, 4.69) is 6.92 Å². The average Bonchev–Trinajstić information content (AvgIpc) is 2.67. The Hall–Kier alpha value is -1.88. The summed E-state index contributed by atoms with van der Waals surface area (Å²) in [6.07, 6.45) is 4.32. The number of hydrogen-bond acceptors (Lipinski definition) is 4. The first kappa shape index (κ1) is 20.4. The maximum absolute atomic E-state index is 13.0. The van der Waals surface area contributed by atoms with Gasteiger partial charge in [0, 0.05) is 18.6 Å². The molecule has 1 saturated heterocycles. The molecule has 0 aromatic heterocycles. The number of ether oxygens (including phenoxy) is 1.